The second-order valence-corrected chi connectivity index (χ2v) is 5.53. The first-order valence-corrected chi connectivity index (χ1v) is 5.79. The van der Waals surface area contributed by atoms with Crippen LogP contribution in [0.4, 0.5) is 0 Å². The van der Waals surface area contributed by atoms with Gasteiger partial charge >= 0.3 is 0 Å². The molecule has 0 saturated heterocycles. The second kappa shape index (κ2) is 3.76. The molecular formula is C12H12N2OS. The van der Waals surface area contributed by atoms with E-state index in [1.165, 1.54) is 11.3 Å². The first-order chi connectivity index (χ1) is 7.52. The minimum atomic E-state index is -0.119. The van der Waals surface area contributed by atoms with Crippen molar-refractivity contribution < 1.29 is 4.42 Å². The fraction of sp³-hybridized carbons (Fsp3) is 0.333. The van der Waals surface area contributed by atoms with Crippen LogP contribution in [0, 0.1) is 11.3 Å². The standard InChI is InChI=1S/C12H12N2OS/c1-12(2,3)10-9(7-13)16-11(14-10)8-5-4-6-15-8/h4-6H,1-3H3. The summed E-state index contributed by atoms with van der Waals surface area (Å²) in [6, 6.07) is 5.87. The Morgan fingerprint density at radius 1 is 1.44 bits per heavy atom. The Balaban J connectivity index is 2.54. The number of hydrogen-bond donors (Lipinski definition) is 0. The molecule has 0 amide bonds. The molecule has 0 unspecified atom stereocenters. The Bertz CT molecular complexity index is 526. The number of furan rings is 1. The van der Waals surface area contributed by atoms with E-state index in [4.69, 9.17) is 9.68 Å². The molecule has 2 aromatic rings. The van der Waals surface area contributed by atoms with E-state index in [0.717, 1.165) is 16.5 Å². The predicted molar refractivity (Wildman–Crippen MR) is 63.2 cm³/mol. The van der Waals surface area contributed by atoms with E-state index in [9.17, 15) is 0 Å². The van der Waals surface area contributed by atoms with Crippen LogP contribution in [-0.4, -0.2) is 4.98 Å². The lowest BCUT2D eigenvalue weighted by Crippen LogP contribution is -2.13. The molecule has 0 spiro atoms. The molecule has 0 N–H and O–H groups in total. The molecule has 0 bridgehead atoms. The quantitative estimate of drug-likeness (QED) is 0.755. The maximum atomic E-state index is 9.08. The van der Waals surface area contributed by atoms with Crippen LogP contribution in [0.5, 0.6) is 0 Å². The average Bonchev–Trinajstić information content (AvgIpc) is 2.85. The van der Waals surface area contributed by atoms with Crippen molar-refractivity contribution in [1.29, 1.82) is 5.26 Å². The molecule has 2 heterocycles. The maximum absolute atomic E-state index is 9.08. The molecule has 0 aromatic carbocycles. The van der Waals surface area contributed by atoms with Gasteiger partial charge in [-0.05, 0) is 12.1 Å². The highest BCUT2D eigenvalue weighted by Gasteiger charge is 2.24. The van der Waals surface area contributed by atoms with Crippen molar-refractivity contribution in [1.82, 2.24) is 4.98 Å². The molecule has 0 aliphatic rings. The SMILES string of the molecule is CC(C)(C)c1nc(-c2ccco2)sc1C#N. The highest BCUT2D eigenvalue weighted by Crippen LogP contribution is 2.33. The third-order valence-corrected chi connectivity index (χ3v) is 3.15. The molecule has 16 heavy (non-hydrogen) atoms. The summed E-state index contributed by atoms with van der Waals surface area (Å²) in [5, 5.41) is 9.85. The molecule has 0 atom stereocenters. The molecule has 4 heteroatoms. The second-order valence-electron chi connectivity index (χ2n) is 4.54. The van der Waals surface area contributed by atoms with Crippen LogP contribution in [0.1, 0.15) is 31.3 Å². The van der Waals surface area contributed by atoms with Crippen molar-refractivity contribution in [2.75, 3.05) is 0 Å². The fourth-order valence-electron chi connectivity index (χ4n) is 1.41. The van der Waals surface area contributed by atoms with Crippen molar-refractivity contribution in [2.45, 2.75) is 26.2 Å². The molecule has 0 saturated carbocycles. The zero-order valence-electron chi connectivity index (χ0n) is 9.44. The molecule has 0 aliphatic carbocycles. The van der Waals surface area contributed by atoms with Gasteiger partial charge in [0, 0.05) is 5.41 Å². The van der Waals surface area contributed by atoms with E-state index >= 15 is 0 Å². The van der Waals surface area contributed by atoms with E-state index in [1.54, 1.807) is 6.26 Å². The van der Waals surface area contributed by atoms with Crippen molar-refractivity contribution in [3.05, 3.63) is 29.0 Å². The van der Waals surface area contributed by atoms with Gasteiger partial charge in [0.1, 0.15) is 10.9 Å². The minimum absolute atomic E-state index is 0.119. The molecule has 0 fully saturated rings. The number of nitriles is 1. The van der Waals surface area contributed by atoms with E-state index in [2.05, 4.69) is 31.8 Å². The summed E-state index contributed by atoms with van der Waals surface area (Å²) in [6.45, 7) is 6.15. The van der Waals surface area contributed by atoms with Gasteiger partial charge in [-0.2, -0.15) is 5.26 Å². The van der Waals surface area contributed by atoms with Gasteiger partial charge in [0.05, 0.1) is 12.0 Å². The average molecular weight is 232 g/mol. The maximum Gasteiger partial charge on any atom is 0.162 e. The molecule has 82 valence electrons. The zero-order chi connectivity index (χ0) is 11.8. The van der Waals surface area contributed by atoms with Crippen LogP contribution in [0.15, 0.2) is 22.8 Å². The van der Waals surface area contributed by atoms with Gasteiger partial charge < -0.3 is 4.42 Å². The third kappa shape index (κ3) is 1.86. The highest BCUT2D eigenvalue weighted by atomic mass is 32.1. The number of rotatable bonds is 1. The zero-order valence-corrected chi connectivity index (χ0v) is 10.3. The third-order valence-electron chi connectivity index (χ3n) is 2.17. The smallest absolute Gasteiger partial charge is 0.162 e. The van der Waals surface area contributed by atoms with Gasteiger partial charge in [-0.3, -0.25) is 0 Å². The highest BCUT2D eigenvalue weighted by molar-refractivity contribution is 7.15. The largest absolute Gasteiger partial charge is 0.462 e. The Morgan fingerprint density at radius 2 is 2.19 bits per heavy atom. The summed E-state index contributed by atoms with van der Waals surface area (Å²) in [7, 11) is 0. The minimum Gasteiger partial charge on any atom is -0.462 e. The molecular weight excluding hydrogens is 220 g/mol. The first kappa shape index (κ1) is 10.9. The van der Waals surface area contributed by atoms with Gasteiger partial charge in [0.2, 0.25) is 0 Å². The lowest BCUT2D eigenvalue weighted by atomic mass is 9.91. The lowest BCUT2D eigenvalue weighted by molar-refractivity contribution is 0.565. The van der Waals surface area contributed by atoms with Crippen molar-refractivity contribution in [3.8, 4) is 16.8 Å². The normalized spacial score (nSPS) is 11.4. The number of hydrogen-bond acceptors (Lipinski definition) is 4. The van der Waals surface area contributed by atoms with Gasteiger partial charge in [-0.15, -0.1) is 0 Å². The summed E-state index contributed by atoms with van der Waals surface area (Å²) < 4.78 is 5.28. The summed E-state index contributed by atoms with van der Waals surface area (Å²) in [5.74, 6) is 0.719. The molecule has 3 nitrogen and oxygen atoms in total. The topological polar surface area (TPSA) is 49.8 Å². The summed E-state index contributed by atoms with van der Waals surface area (Å²) in [6.07, 6.45) is 1.61. The van der Waals surface area contributed by atoms with Crippen molar-refractivity contribution >= 4 is 11.3 Å². The Hall–Kier alpha value is -1.60. The summed E-state index contributed by atoms with van der Waals surface area (Å²) in [4.78, 5) is 5.16. The Kier molecular flexibility index (Phi) is 2.56. The van der Waals surface area contributed by atoms with Crippen LogP contribution in [0.25, 0.3) is 10.8 Å². The van der Waals surface area contributed by atoms with Crippen molar-refractivity contribution in [3.63, 3.8) is 0 Å². The number of thiazole rings is 1. The van der Waals surface area contributed by atoms with Gasteiger partial charge in [0.15, 0.2) is 10.8 Å². The Morgan fingerprint density at radius 3 is 2.62 bits per heavy atom. The monoisotopic (exact) mass is 232 g/mol. The molecule has 0 radical (unpaired) electrons. The van der Waals surface area contributed by atoms with E-state index in [0.29, 0.717) is 4.88 Å². The number of aromatic nitrogens is 1. The van der Waals surface area contributed by atoms with Crippen LogP contribution < -0.4 is 0 Å². The number of nitrogens with zero attached hydrogens (tertiary/aromatic N) is 2. The van der Waals surface area contributed by atoms with Crippen molar-refractivity contribution in [2.24, 2.45) is 0 Å². The van der Waals surface area contributed by atoms with Gasteiger partial charge in [0.25, 0.3) is 0 Å². The molecule has 2 rings (SSSR count). The van der Waals surface area contributed by atoms with E-state index in [-0.39, 0.29) is 5.41 Å². The van der Waals surface area contributed by atoms with Crippen LogP contribution in [0.3, 0.4) is 0 Å². The lowest BCUT2D eigenvalue weighted by Gasteiger charge is -2.15. The molecule has 2 aromatic heterocycles. The van der Waals surface area contributed by atoms with E-state index < -0.39 is 0 Å². The summed E-state index contributed by atoms with van der Waals surface area (Å²) in [5.41, 5.74) is 0.721. The molecule has 0 aliphatic heterocycles. The Labute approximate surface area is 98.4 Å². The predicted octanol–water partition coefficient (Wildman–Crippen LogP) is 3.57. The van der Waals surface area contributed by atoms with Gasteiger partial charge in [-0.1, -0.05) is 32.1 Å². The summed E-state index contributed by atoms with van der Waals surface area (Å²) >= 11 is 1.38. The first-order valence-electron chi connectivity index (χ1n) is 4.97. The van der Waals surface area contributed by atoms with Crippen LogP contribution >= 0.6 is 11.3 Å². The van der Waals surface area contributed by atoms with Crippen LogP contribution in [-0.2, 0) is 5.41 Å². The van der Waals surface area contributed by atoms with Crippen LogP contribution in [0.2, 0.25) is 0 Å². The fourth-order valence-corrected chi connectivity index (χ4v) is 2.45. The van der Waals surface area contributed by atoms with Gasteiger partial charge in [-0.25, -0.2) is 4.98 Å². The van der Waals surface area contributed by atoms with E-state index in [1.807, 2.05) is 12.1 Å².